The van der Waals surface area contributed by atoms with E-state index in [1.165, 1.54) is 0 Å². The topological polar surface area (TPSA) is 72.9 Å². The summed E-state index contributed by atoms with van der Waals surface area (Å²) in [5.41, 5.74) is 2.03. The molecule has 0 spiro atoms. The van der Waals surface area contributed by atoms with Crippen molar-refractivity contribution in [2.75, 3.05) is 13.2 Å². The molecule has 0 N–H and O–H groups in total. The van der Waals surface area contributed by atoms with Crippen LogP contribution in [0.5, 0.6) is 11.5 Å². The number of hydrogen-bond acceptors (Lipinski definition) is 6. The smallest absolute Gasteiger partial charge is 0.293 e. The van der Waals surface area contributed by atoms with Gasteiger partial charge in [0.05, 0.1) is 22.5 Å². The molecule has 0 saturated carbocycles. The molecule has 9 heteroatoms. The molecule has 1 aliphatic heterocycles. The second-order valence-electron chi connectivity index (χ2n) is 7.74. The Hall–Kier alpha value is -3.07. The van der Waals surface area contributed by atoms with Gasteiger partial charge in [0.1, 0.15) is 6.61 Å². The van der Waals surface area contributed by atoms with Crippen molar-refractivity contribution in [1.82, 2.24) is 4.90 Å². The van der Waals surface area contributed by atoms with E-state index < -0.39 is 11.1 Å². The summed E-state index contributed by atoms with van der Waals surface area (Å²) in [5, 5.41) is -0.00445. The first kappa shape index (κ1) is 26.0. The SMILES string of the molecule is CCOc1cc(/C=C2/SC(=O)N(CC(=O)c3ccc(Cl)cc3)C2=O)cc(Br)c1OCc1ccccc1. The summed E-state index contributed by atoms with van der Waals surface area (Å²) in [6.07, 6.45) is 1.60. The Labute approximate surface area is 226 Å². The van der Waals surface area contributed by atoms with Gasteiger partial charge in [-0.05, 0) is 88.2 Å². The van der Waals surface area contributed by atoms with Crippen LogP contribution in [0.25, 0.3) is 6.08 Å². The molecule has 0 aromatic heterocycles. The van der Waals surface area contributed by atoms with Crippen LogP contribution < -0.4 is 9.47 Å². The number of rotatable bonds is 9. The third kappa shape index (κ3) is 6.19. The molecule has 3 aromatic carbocycles. The molecule has 1 heterocycles. The molecule has 3 aromatic rings. The minimum absolute atomic E-state index is 0.219. The zero-order valence-corrected chi connectivity index (χ0v) is 22.4. The molecular formula is C27H21BrClNO5S. The predicted molar refractivity (Wildman–Crippen MR) is 145 cm³/mol. The largest absolute Gasteiger partial charge is 0.490 e. The second-order valence-corrected chi connectivity index (χ2v) is 10.0. The van der Waals surface area contributed by atoms with Crippen LogP contribution in [0.2, 0.25) is 5.02 Å². The second kappa shape index (κ2) is 11.8. The lowest BCUT2D eigenvalue weighted by Gasteiger charge is -2.15. The summed E-state index contributed by atoms with van der Waals surface area (Å²) in [6.45, 7) is 2.30. The number of ether oxygens (including phenoxy) is 2. The third-order valence-corrected chi connectivity index (χ3v) is 6.95. The number of amides is 2. The average Bonchev–Trinajstić information content (AvgIpc) is 3.12. The summed E-state index contributed by atoms with van der Waals surface area (Å²) >= 11 is 10.2. The van der Waals surface area contributed by atoms with E-state index in [-0.39, 0.29) is 17.2 Å². The van der Waals surface area contributed by atoms with Gasteiger partial charge in [0.25, 0.3) is 11.1 Å². The van der Waals surface area contributed by atoms with E-state index in [1.807, 2.05) is 37.3 Å². The number of thioether (sulfide) groups is 1. The lowest BCUT2D eigenvalue weighted by molar-refractivity contribution is -0.122. The molecule has 184 valence electrons. The Morgan fingerprint density at radius 3 is 2.47 bits per heavy atom. The van der Waals surface area contributed by atoms with Gasteiger partial charge in [0, 0.05) is 10.6 Å². The van der Waals surface area contributed by atoms with Crippen LogP contribution in [0, 0.1) is 0 Å². The first-order valence-corrected chi connectivity index (χ1v) is 13.0. The number of ketones is 1. The fourth-order valence-corrected chi connectivity index (χ4v) is 5.00. The maximum Gasteiger partial charge on any atom is 0.293 e. The molecule has 1 aliphatic rings. The maximum absolute atomic E-state index is 12.9. The van der Waals surface area contributed by atoms with Crippen molar-refractivity contribution < 1.29 is 23.9 Å². The highest BCUT2D eigenvalue weighted by atomic mass is 79.9. The van der Waals surface area contributed by atoms with E-state index in [0.717, 1.165) is 22.2 Å². The zero-order valence-electron chi connectivity index (χ0n) is 19.2. The molecule has 1 saturated heterocycles. The summed E-state index contributed by atoms with van der Waals surface area (Å²) in [4.78, 5) is 39.2. The highest BCUT2D eigenvalue weighted by molar-refractivity contribution is 9.10. The highest BCUT2D eigenvalue weighted by Gasteiger charge is 2.36. The van der Waals surface area contributed by atoms with E-state index in [2.05, 4.69) is 15.9 Å². The Kier molecular flexibility index (Phi) is 8.51. The van der Waals surface area contributed by atoms with Crippen LogP contribution in [0.1, 0.15) is 28.4 Å². The van der Waals surface area contributed by atoms with Crippen molar-refractivity contribution in [1.29, 1.82) is 0 Å². The molecule has 4 rings (SSSR count). The quantitative estimate of drug-likeness (QED) is 0.199. The standard InChI is InChI=1S/C27H21BrClNO5S/c1-2-34-23-13-18(12-21(28)25(23)35-16-17-6-4-3-5-7-17)14-24-26(32)30(27(33)36-24)15-22(31)19-8-10-20(29)11-9-19/h3-14H,2,15-16H2,1H3/b24-14+. The van der Waals surface area contributed by atoms with Gasteiger partial charge in [-0.25, -0.2) is 0 Å². The van der Waals surface area contributed by atoms with Gasteiger partial charge in [0.15, 0.2) is 17.3 Å². The van der Waals surface area contributed by atoms with Gasteiger partial charge in [-0.2, -0.15) is 0 Å². The maximum atomic E-state index is 12.9. The number of carbonyl (C=O) groups is 3. The zero-order chi connectivity index (χ0) is 25.7. The van der Waals surface area contributed by atoms with Gasteiger partial charge < -0.3 is 9.47 Å². The molecule has 0 radical (unpaired) electrons. The molecule has 1 fully saturated rings. The van der Waals surface area contributed by atoms with Crippen molar-refractivity contribution >= 4 is 62.3 Å². The van der Waals surface area contributed by atoms with Gasteiger partial charge >= 0.3 is 0 Å². The van der Waals surface area contributed by atoms with E-state index >= 15 is 0 Å². The number of benzene rings is 3. The summed E-state index contributed by atoms with van der Waals surface area (Å²) in [6, 6.07) is 19.6. The minimum Gasteiger partial charge on any atom is -0.490 e. The molecule has 2 amide bonds. The molecule has 0 unspecified atom stereocenters. The number of nitrogens with zero attached hydrogens (tertiary/aromatic N) is 1. The monoisotopic (exact) mass is 585 g/mol. The van der Waals surface area contributed by atoms with Gasteiger partial charge in [0.2, 0.25) is 0 Å². The van der Waals surface area contributed by atoms with Crippen LogP contribution in [-0.4, -0.2) is 35.0 Å². The Morgan fingerprint density at radius 1 is 1.06 bits per heavy atom. The van der Waals surface area contributed by atoms with Crippen LogP contribution in [-0.2, 0) is 11.4 Å². The van der Waals surface area contributed by atoms with Crippen molar-refractivity contribution in [3.8, 4) is 11.5 Å². The minimum atomic E-state index is -0.522. The summed E-state index contributed by atoms with van der Waals surface area (Å²) in [7, 11) is 0. The lowest BCUT2D eigenvalue weighted by Crippen LogP contribution is -2.33. The normalized spacial score (nSPS) is 14.4. The van der Waals surface area contributed by atoms with Gasteiger partial charge in [-0.15, -0.1) is 0 Å². The number of imide groups is 1. The van der Waals surface area contributed by atoms with Crippen molar-refractivity contribution in [2.24, 2.45) is 0 Å². The van der Waals surface area contributed by atoms with E-state index in [4.69, 9.17) is 21.1 Å². The van der Waals surface area contributed by atoms with Gasteiger partial charge in [-0.1, -0.05) is 41.9 Å². The molecule has 0 bridgehead atoms. The fourth-order valence-electron chi connectivity index (χ4n) is 3.46. The Morgan fingerprint density at radius 2 is 1.78 bits per heavy atom. The van der Waals surface area contributed by atoms with Crippen LogP contribution in [0.4, 0.5) is 4.79 Å². The highest BCUT2D eigenvalue weighted by Crippen LogP contribution is 2.39. The van der Waals surface area contributed by atoms with Crippen LogP contribution in [0.3, 0.4) is 0 Å². The average molecular weight is 587 g/mol. The molecule has 0 atom stereocenters. The Bertz CT molecular complexity index is 1330. The number of halogens is 2. The van der Waals surface area contributed by atoms with Crippen LogP contribution >= 0.6 is 39.3 Å². The third-order valence-electron chi connectivity index (χ3n) is 5.20. The lowest BCUT2D eigenvalue weighted by atomic mass is 10.1. The molecule has 36 heavy (non-hydrogen) atoms. The van der Waals surface area contributed by atoms with Crippen LogP contribution in [0.15, 0.2) is 76.1 Å². The Balaban J connectivity index is 1.53. The number of hydrogen-bond donors (Lipinski definition) is 0. The van der Waals surface area contributed by atoms with Crippen molar-refractivity contribution in [2.45, 2.75) is 13.5 Å². The summed E-state index contributed by atoms with van der Waals surface area (Å²) < 4.78 is 12.4. The number of Topliss-reactive ketones (excluding diaryl/α,β-unsaturated/α-hetero) is 1. The molecule has 6 nitrogen and oxygen atoms in total. The molecule has 0 aliphatic carbocycles. The predicted octanol–water partition coefficient (Wildman–Crippen LogP) is 7.00. The molecular weight excluding hydrogens is 566 g/mol. The van der Waals surface area contributed by atoms with E-state index in [1.54, 1.807) is 42.5 Å². The van der Waals surface area contributed by atoms with Gasteiger partial charge in [-0.3, -0.25) is 19.3 Å². The van der Waals surface area contributed by atoms with Crippen molar-refractivity contribution in [3.05, 3.63) is 97.8 Å². The first-order valence-electron chi connectivity index (χ1n) is 11.0. The summed E-state index contributed by atoms with van der Waals surface area (Å²) in [5.74, 6) is 0.174. The van der Waals surface area contributed by atoms with E-state index in [0.29, 0.717) is 45.3 Å². The first-order chi connectivity index (χ1) is 17.4. The van der Waals surface area contributed by atoms with E-state index in [9.17, 15) is 14.4 Å². The number of carbonyl (C=O) groups excluding carboxylic acids is 3. The fraction of sp³-hybridized carbons (Fsp3) is 0.148. The van der Waals surface area contributed by atoms with Crippen molar-refractivity contribution in [3.63, 3.8) is 0 Å².